The van der Waals surface area contributed by atoms with Crippen molar-refractivity contribution in [1.82, 2.24) is 24.7 Å². The summed E-state index contributed by atoms with van der Waals surface area (Å²) in [4.78, 5) is 59.5. The number of carbonyl (C=O) groups excluding carboxylic acids is 3. The van der Waals surface area contributed by atoms with E-state index in [0.29, 0.717) is 25.2 Å². The van der Waals surface area contributed by atoms with Crippen molar-refractivity contribution >= 4 is 17.7 Å². The number of likely N-dealkylation sites (N-methyl/N-ethyl adjacent to an activating group) is 1. The van der Waals surface area contributed by atoms with Crippen LogP contribution in [0.4, 0.5) is 0 Å². The van der Waals surface area contributed by atoms with Gasteiger partial charge in [0.25, 0.3) is 0 Å². The molecule has 2 aliphatic heterocycles. The topological polar surface area (TPSA) is 107 Å². The summed E-state index contributed by atoms with van der Waals surface area (Å²) in [7, 11) is 1.60. The molecule has 0 aromatic carbocycles. The fraction of sp³-hybridized carbons (Fsp3) is 0.588. The van der Waals surface area contributed by atoms with E-state index in [-0.39, 0.29) is 37.2 Å². The SMILES string of the molecule is Cc1nc(=O)[nH]c(C)c1CCC(=O)N1CCN2C(=O)CN(C)C(=O)[C@H]2C1. The highest BCUT2D eigenvalue weighted by Gasteiger charge is 2.42. The number of nitrogens with zero attached hydrogens (tertiary/aromatic N) is 4. The van der Waals surface area contributed by atoms with Gasteiger partial charge in [-0.25, -0.2) is 4.79 Å². The van der Waals surface area contributed by atoms with Gasteiger partial charge in [-0.1, -0.05) is 0 Å². The van der Waals surface area contributed by atoms with E-state index in [1.54, 1.807) is 30.7 Å². The normalized spacial score (nSPS) is 20.4. The Labute approximate surface area is 151 Å². The number of piperazine rings is 2. The highest BCUT2D eigenvalue weighted by Crippen LogP contribution is 2.18. The molecule has 9 nitrogen and oxygen atoms in total. The van der Waals surface area contributed by atoms with Crippen molar-refractivity contribution in [1.29, 1.82) is 0 Å². The Morgan fingerprint density at radius 3 is 2.65 bits per heavy atom. The summed E-state index contributed by atoms with van der Waals surface area (Å²) in [6, 6.07) is -0.586. The maximum atomic E-state index is 12.6. The van der Waals surface area contributed by atoms with Crippen LogP contribution in [0.15, 0.2) is 4.79 Å². The quantitative estimate of drug-likeness (QED) is 0.730. The predicted octanol–water partition coefficient (Wildman–Crippen LogP) is -1.17. The standard InChI is InChI=1S/C17H23N5O4/c1-10-12(11(2)19-17(26)18-10)4-5-14(23)21-6-7-22-13(8-21)16(25)20(3)9-15(22)24/h13H,4-9H2,1-3H3,(H,18,19,26)/t13-/m1/s1. The molecule has 2 aliphatic rings. The molecule has 2 fully saturated rings. The molecule has 140 valence electrons. The summed E-state index contributed by atoms with van der Waals surface area (Å²) in [5, 5.41) is 0. The molecule has 0 radical (unpaired) electrons. The van der Waals surface area contributed by atoms with E-state index in [1.807, 2.05) is 0 Å². The van der Waals surface area contributed by atoms with Gasteiger partial charge in [-0.05, 0) is 25.8 Å². The minimum atomic E-state index is -0.586. The third-order valence-electron chi connectivity index (χ3n) is 5.13. The molecule has 2 saturated heterocycles. The summed E-state index contributed by atoms with van der Waals surface area (Å²) in [6.07, 6.45) is 0.734. The molecular formula is C17H23N5O4. The minimum Gasteiger partial charge on any atom is -0.338 e. The van der Waals surface area contributed by atoms with Gasteiger partial charge < -0.3 is 19.7 Å². The molecule has 3 amide bonds. The zero-order chi connectivity index (χ0) is 19.0. The minimum absolute atomic E-state index is 0.0666. The maximum absolute atomic E-state index is 12.6. The Morgan fingerprint density at radius 1 is 1.23 bits per heavy atom. The smallest absolute Gasteiger partial charge is 0.338 e. The first-order valence-electron chi connectivity index (χ1n) is 8.66. The number of aromatic amines is 1. The monoisotopic (exact) mass is 361 g/mol. The van der Waals surface area contributed by atoms with Crippen LogP contribution in [0.5, 0.6) is 0 Å². The first kappa shape index (κ1) is 18.1. The van der Waals surface area contributed by atoms with Crippen molar-refractivity contribution in [3.63, 3.8) is 0 Å². The molecule has 0 saturated carbocycles. The highest BCUT2D eigenvalue weighted by atomic mass is 16.2. The lowest BCUT2D eigenvalue weighted by Crippen LogP contribution is -2.66. The fourth-order valence-corrected chi connectivity index (χ4v) is 3.66. The van der Waals surface area contributed by atoms with Crippen LogP contribution in [0, 0.1) is 13.8 Å². The van der Waals surface area contributed by atoms with Crippen LogP contribution in [0.2, 0.25) is 0 Å². The first-order valence-corrected chi connectivity index (χ1v) is 8.66. The zero-order valence-electron chi connectivity index (χ0n) is 15.2. The van der Waals surface area contributed by atoms with E-state index in [2.05, 4.69) is 9.97 Å². The van der Waals surface area contributed by atoms with Gasteiger partial charge in [0.05, 0.1) is 13.1 Å². The van der Waals surface area contributed by atoms with Crippen molar-refractivity contribution in [2.75, 3.05) is 33.2 Å². The van der Waals surface area contributed by atoms with Gasteiger partial charge in [0.2, 0.25) is 17.7 Å². The van der Waals surface area contributed by atoms with Crippen LogP contribution in [0.1, 0.15) is 23.4 Å². The number of fused-ring (bicyclic) bond motifs is 1. The van der Waals surface area contributed by atoms with Gasteiger partial charge in [0.15, 0.2) is 0 Å². The van der Waals surface area contributed by atoms with Crippen molar-refractivity contribution in [2.24, 2.45) is 0 Å². The Balaban J connectivity index is 1.65. The van der Waals surface area contributed by atoms with Crippen molar-refractivity contribution < 1.29 is 14.4 Å². The molecular weight excluding hydrogens is 338 g/mol. The predicted molar refractivity (Wildman–Crippen MR) is 92.4 cm³/mol. The molecule has 1 atom stereocenters. The van der Waals surface area contributed by atoms with Crippen molar-refractivity contribution in [3.8, 4) is 0 Å². The number of H-pyrrole nitrogens is 1. The van der Waals surface area contributed by atoms with E-state index < -0.39 is 11.7 Å². The van der Waals surface area contributed by atoms with Crippen LogP contribution >= 0.6 is 0 Å². The largest absolute Gasteiger partial charge is 0.345 e. The molecule has 9 heteroatoms. The third kappa shape index (κ3) is 3.33. The molecule has 0 spiro atoms. The molecule has 26 heavy (non-hydrogen) atoms. The summed E-state index contributed by atoms with van der Waals surface area (Å²) in [5.74, 6) is -0.267. The number of aryl methyl sites for hydroxylation is 2. The number of hydrogen-bond donors (Lipinski definition) is 1. The van der Waals surface area contributed by atoms with Gasteiger partial charge in [0, 0.05) is 37.9 Å². The van der Waals surface area contributed by atoms with Crippen LogP contribution < -0.4 is 5.69 Å². The Hall–Kier alpha value is -2.71. The summed E-state index contributed by atoms with van der Waals surface area (Å²) >= 11 is 0. The van der Waals surface area contributed by atoms with E-state index in [9.17, 15) is 19.2 Å². The average Bonchev–Trinajstić information content (AvgIpc) is 2.58. The Morgan fingerprint density at radius 2 is 1.96 bits per heavy atom. The summed E-state index contributed by atoms with van der Waals surface area (Å²) in [6.45, 7) is 4.68. The molecule has 3 rings (SSSR count). The molecule has 0 bridgehead atoms. The lowest BCUT2D eigenvalue weighted by molar-refractivity contribution is -0.160. The molecule has 1 aromatic rings. The molecule has 1 aromatic heterocycles. The van der Waals surface area contributed by atoms with Gasteiger partial charge in [0.1, 0.15) is 6.04 Å². The van der Waals surface area contributed by atoms with Crippen molar-refractivity contribution in [2.45, 2.75) is 32.7 Å². The van der Waals surface area contributed by atoms with E-state index in [4.69, 9.17) is 0 Å². The number of aromatic nitrogens is 2. The Kier molecular flexibility index (Phi) is 4.80. The van der Waals surface area contributed by atoms with Crippen LogP contribution in [0.3, 0.4) is 0 Å². The zero-order valence-corrected chi connectivity index (χ0v) is 15.2. The van der Waals surface area contributed by atoms with E-state index in [0.717, 1.165) is 11.3 Å². The summed E-state index contributed by atoms with van der Waals surface area (Å²) < 4.78 is 0. The number of carbonyl (C=O) groups is 3. The van der Waals surface area contributed by atoms with Gasteiger partial charge in [-0.2, -0.15) is 4.98 Å². The number of rotatable bonds is 3. The first-order chi connectivity index (χ1) is 12.3. The molecule has 3 heterocycles. The van der Waals surface area contributed by atoms with Crippen LogP contribution in [0.25, 0.3) is 0 Å². The van der Waals surface area contributed by atoms with E-state index >= 15 is 0 Å². The third-order valence-corrected chi connectivity index (χ3v) is 5.13. The Bertz CT molecular complexity index is 792. The molecule has 1 N–H and O–H groups in total. The van der Waals surface area contributed by atoms with Crippen molar-refractivity contribution in [3.05, 3.63) is 27.4 Å². The van der Waals surface area contributed by atoms with E-state index in [1.165, 1.54) is 4.90 Å². The van der Waals surface area contributed by atoms with Crippen LogP contribution in [-0.4, -0.2) is 81.7 Å². The lowest BCUT2D eigenvalue weighted by Gasteiger charge is -2.45. The summed E-state index contributed by atoms with van der Waals surface area (Å²) in [5.41, 5.74) is 1.81. The lowest BCUT2D eigenvalue weighted by atomic mass is 10.0. The van der Waals surface area contributed by atoms with Gasteiger partial charge in [-0.15, -0.1) is 0 Å². The number of amides is 3. The van der Waals surface area contributed by atoms with Crippen LogP contribution in [-0.2, 0) is 20.8 Å². The second kappa shape index (κ2) is 6.89. The molecule has 0 unspecified atom stereocenters. The highest BCUT2D eigenvalue weighted by molar-refractivity contribution is 5.95. The number of nitrogens with one attached hydrogen (secondary N) is 1. The second-order valence-electron chi connectivity index (χ2n) is 6.87. The fourth-order valence-electron chi connectivity index (χ4n) is 3.66. The average molecular weight is 361 g/mol. The maximum Gasteiger partial charge on any atom is 0.345 e. The second-order valence-corrected chi connectivity index (χ2v) is 6.87. The van der Waals surface area contributed by atoms with Gasteiger partial charge >= 0.3 is 5.69 Å². The number of hydrogen-bond acceptors (Lipinski definition) is 5. The van der Waals surface area contributed by atoms with Gasteiger partial charge in [-0.3, -0.25) is 14.4 Å². The molecule has 0 aliphatic carbocycles.